The van der Waals surface area contributed by atoms with E-state index in [9.17, 15) is 9.59 Å². The molecule has 2 aromatic rings. The molecule has 0 bridgehead atoms. The van der Waals surface area contributed by atoms with Gasteiger partial charge in [-0.1, -0.05) is 43.7 Å². The first-order valence-corrected chi connectivity index (χ1v) is 11.5. The lowest BCUT2D eigenvalue weighted by Gasteiger charge is -2.28. The Labute approximate surface area is 190 Å². The summed E-state index contributed by atoms with van der Waals surface area (Å²) in [6, 6.07) is 13.4. The van der Waals surface area contributed by atoms with E-state index in [0.29, 0.717) is 32.0 Å². The van der Waals surface area contributed by atoms with E-state index in [4.69, 9.17) is 13.9 Å². The minimum absolute atomic E-state index is 0.0287. The smallest absolute Gasteiger partial charge is 0.249 e. The van der Waals surface area contributed by atoms with Gasteiger partial charge in [-0.15, -0.1) is 0 Å². The second kappa shape index (κ2) is 13.0. The number of amides is 2. The van der Waals surface area contributed by atoms with Crippen LogP contribution in [0.25, 0.3) is 0 Å². The lowest BCUT2D eigenvalue weighted by Crippen LogP contribution is -2.46. The van der Waals surface area contributed by atoms with Gasteiger partial charge in [-0.2, -0.15) is 0 Å². The van der Waals surface area contributed by atoms with Crippen LogP contribution >= 0.6 is 0 Å². The summed E-state index contributed by atoms with van der Waals surface area (Å²) in [6.45, 7) is 4.54. The molecule has 2 amide bonds. The number of hydrogen-bond acceptors (Lipinski definition) is 5. The molecule has 0 aliphatic carbocycles. The predicted octanol–water partition coefficient (Wildman–Crippen LogP) is 3.63. The molecular weight excluding hydrogens is 408 g/mol. The molecule has 1 aliphatic rings. The number of furan rings is 1. The molecular formula is C25H34N2O5. The molecule has 2 heterocycles. The van der Waals surface area contributed by atoms with Gasteiger partial charge in [0.15, 0.2) is 0 Å². The Morgan fingerprint density at radius 2 is 1.94 bits per heavy atom. The van der Waals surface area contributed by atoms with Crippen molar-refractivity contribution in [2.45, 2.75) is 51.9 Å². The van der Waals surface area contributed by atoms with Crippen molar-refractivity contribution in [1.29, 1.82) is 0 Å². The topological polar surface area (TPSA) is 72.2 Å². The van der Waals surface area contributed by atoms with Crippen LogP contribution in [0.1, 0.15) is 43.9 Å². The summed E-state index contributed by atoms with van der Waals surface area (Å²) in [5.74, 6) is 0.441. The molecule has 1 aliphatic heterocycles. The molecule has 7 heteroatoms. The molecule has 3 rings (SSSR count). The van der Waals surface area contributed by atoms with Crippen LogP contribution in [0.4, 0.5) is 0 Å². The molecule has 1 unspecified atom stereocenters. The van der Waals surface area contributed by atoms with Gasteiger partial charge in [-0.3, -0.25) is 9.59 Å². The number of unbranched alkanes of at least 4 members (excludes halogenated alkanes) is 1. The third kappa shape index (κ3) is 7.80. The standard InChI is InChI=1S/C25H34N2O5/c1-2-3-13-26(25(29)20-30-19-21-9-5-4-6-10-21)18-24(28)27(16-22-11-7-14-31-22)17-23-12-8-15-32-23/h4-7,9-11,14,23H,2-3,8,12-13,15-20H2,1H3. The molecule has 7 nitrogen and oxygen atoms in total. The summed E-state index contributed by atoms with van der Waals surface area (Å²) < 4.78 is 16.8. The molecule has 0 radical (unpaired) electrons. The monoisotopic (exact) mass is 442 g/mol. The minimum atomic E-state index is -0.169. The highest BCUT2D eigenvalue weighted by Gasteiger charge is 2.26. The lowest BCUT2D eigenvalue weighted by atomic mass is 10.2. The average Bonchev–Trinajstić information content (AvgIpc) is 3.51. The summed E-state index contributed by atoms with van der Waals surface area (Å²) in [7, 11) is 0. The Morgan fingerprint density at radius 3 is 2.62 bits per heavy atom. The van der Waals surface area contributed by atoms with Crippen LogP contribution in [0, 0.1) is 0 Å². The Bertz CT molecular complexity index is 803. The molecule has 0 saturated carbocycles. The zero-order chi connectivity index (χ0) is 22.6. The van der Waals surface area contributed by atoms with Gasteiger partial charge in [0, 0.05) is 19.7 Å². The van der Waals surface area contributed by atoms with Gasteiger partial charge in [0.05, 0.1) is 32.1 Å². The highest BCUT2D eigenvalue weighted by Crippen LogP contribution is 2.16. The number of carbonyl (C=O) groups is 2. The Kier molecular flexibility index (Phi) is 9.78. The highest BCUT2D eigenvalue weighted by molar-refractivity contribution is 5.85. The summed E-state index contributed by atoms with van der Waals surface area (Å²) in [6.07, 6.45) is 5.35. The quantitative estimate of drug-likeness (QED) is 0.474. The van der Waals surface area contributed by atoms with Crippen molar-refractivity contribution in [1.82, 2.24) is 9.80 Å². The first-order valence-electron chi connectivity index (χ1n) is 11.5. The van der Waals surface area contributed by atoms with E-state index in [0.717, 1.165) is 37.9 Å². The third-order valence-electron chi connectivity index (χ3n) is 5.53. The number of hydrogen-bond donors (Lipinski definition) is 0. The van der Waals surface area contributed by atoms with Crippen LogP contribution < -0.4 is 0 Å². The van der Waals surface area contributed by atoms with Crippen LogP contribution in [0.3, 0.4) is 0 Å². The number of ether oxygens (including phenoxy) is 2. The van der Waals surface area contributed by atoms with E-state index in [-0.39, 0.29) is 31.1 Å². The van der Waals surface area contributed by atoms with Crippen molar-refractivity contribution in [2.24, 2.45) is 0 Å². The van der Waals surface area contributed by atoms with Crippen molar-refractivity contribution in [2.75, 3.05) is 32.8 Å². The molecule has 32 heavy (non-hydrogen) atoms. The van der Waals surface area contributed by atoms with Gasteiger partial charge in [0.25, 0.3) is 0 Å². The van der Waals surface area contributed by atoms with Crippen molar-refractivity contribution in [3.05, 3.63) is 60.1 Å². The van der Waals surface area contributed by atoms with Gasteiger partial charge < -0.3 is 23.7 Å². The van der Waals surface area contributed by atoms with E-state index in [1.165, 1.54) is 0 Å². The second-order valence-electron chi connectivity index (χ2n) is 8.14. The maximum Gasteiger partial charge on any atom is 0.249 e. The molecule has 1 aromatic heterocycles. The van der Waals surface area contributed by atoms with Crippen molar-refractivity contribution >= 4 is 11.8 Å². The van der Waals surface area contributed by atoms with Crippen LogP contribution in [0.15, 0.2) is 53.1 Å². The van der Waals surface area contributed by atoms with Crippen molar-refractivity contribution in [3.63, 3.8) is 0 Å². The molecule has 1 saturated heterocycles. The van der Waals surface area contributed by atoms with Gasteiger partial charge in [-0.05, 0) is 37.0 Å². The molecule has 0 N–H and O–H groups in total. The second-order valence-corrected chi connectivity index (χ2v) is 8.14. The number of nitrogens with zero attached hydrogens (tertiary/aromatic N) is 2. The van der Waals surface area contributed by atoms with E-state index in [1.807, 2.05) is 42.5 Å². The van der Waals surface area contributed by atoms with Gasteiger partial charge >= 0.3 is 0 Å². The van der Waals surface area contributed by atoms with Crippen molar-refractivity contribution in [3.8, 4) is 0 Å². The molecule has 1 aromatic carbocycles. The maximum absolute atomic E-state index is 13.2. The first kappa shape index (κ1) is 24.0. The van der Waals surface area contributed by atoms with E-state index < -0.39 is 0 Å². The fraction of sp³-hybridized carbons (Fsp3) is 0.520. The molecule has 1 atom stereocenters. The molecule has 0 spiro atoms. The summed E-state index contributed by atoms with van der Waals surface area (Å²) in [5, 5.41) is 0. The number of carbonyl (C=O) groups excluding carboxylic acids is 2. The fourth-order valence-electron chi connectivity index (χ4n) is 3.71. The SMILES string of the molecule is CCCCN(CC(=O)N(Cc1ccco1)CC1CCCO1)C(=O)COCc1ccccc1. The first-order chi connectivity index (χ1) is 15.7. The highest BCUT2D eigenvalue weighted by atomic mass is 16.5. The fourth-order valence-corrected chi connectivity index (χ4v) is 3.71. The summed E-state index contributed by atoms with van der Waals surface area (Å²) in [5.41, 5.74) is 1.01. The zero-order valence-electron chi connectivity index (χ0n) is 18.9. The van der Waals surface area contributed by atoms with E-state index >= 15 is 0 Å². The van der Waals surface area contributed by atoms with Crippen molar-refractivity contribution < 1.29 is 23.5 Å². The Balaban J connectivity index is 1.58. The van der Waals surface area contributed by atoms with Gasteiger partial charge in [0.1, 0.15) is 12.4 Å². The largest absolute Gasteiger partial charge is 0.467 e. The maximum atomic E-state index is 13.2. The summed E-state index contributed by atoms with van der Waals surface area (Å²) >= 11 is 0. The molecule has 1 fully saturated rings. The van der Waals surface area contributed by atoms with Crippen LogP contribution in [-0.2, 0) is 32.2 Å². The van der Waals surface area contributed by atoms with Gasteiger partial charge in [-0.25, -0.2) is 0 Å². The minimum Gasteiger partial charge on any atom is -0.467 e. The van der Waals surface area contributed by atoms with Gasteiger partial charge in [0.2, 0.25) is 11.8 Å². The zero-order valence-corrected chi connectivity index (χ0v) is 18.9. The van der Waals surface area contributed by atoms with Crippen LogP contribution in [0.2, 0.25) is 0 Å². The van der Waals surface area contributed by atoms with E-state index in [1.54, 1.807) is 16.1 Å². The number of benzene rings is 1. The Morgan fingerprint density at radius 1 is 1.09 bits per heavy atom. The average molecular weight is 443 g/mol. The summed E-state index contributed by atoms with van der Waals surface area (Å²) in [4.78, 5) is 29.4. The lowest BCUT2D eigenvalue weighted by molar-refractivity contribution is -0.144. The Hall–Kier alpha value is -2.64. The van der Waals surface area contributed by atoms with E-state index in [2.05, 4.69) is 6.92 Å². The number of rotatable bonds is 13. The predicted molar refractivity (Wildman–Crippen MR) is 121 cm³/mol. The normalized spacial score (nSPS) is 15.6. The van der Waals surface area contributed by atoms with Crippen LogP contribution in [-0.4, -0.2) is 60.6 Å². The van der Waals surface area contributed by atoms with Crippen LogP contribution in [0.5, 0.6) is 0 Å². The molecule has 174 valence electrons. The third-order valence-corrected chi connectivity index (χ3v) is 5.53.